The van der Waals surface area contributed by atoms with Crippen LogP contribution in [0, 0.1) is 5.95 Å². The number of carbonyl (C=O) groups is 1. The lowest BCUT2D eigenvalue weighted by Crippen LogP contribution is -2.00. The first-order valence-corrected chi connectivity index (χ1v) is 5.21. The number of aromatic nitrogens is 1. The molecule has 0 atom stereocenters. The van der Waals surface area contributed by atoms with E-state index in [0.717, 1.165) is 5.56 Å². The Morgan fingerprint density at radius 1 is 1.28 bits per heavy atom. The summed E-state index contributed by atoms with van der Waals surface area (Å²) >= 11 is 0. The minimum atomic E-state index is -0.690. The van der Waals surface area contributed by atoms with Crippen LogP contribution in [0.1, 0.15) is 10.4 Å². The number of nitrogens with zero attached hydrogens (tertiary/aromatic N) is 1. The van der Waals surface area contributed by atoms with Gasteiger partial charge in [-0.1, -0.05) is 12.1 Å². The molecular weight excluding hydrogens is 235 g/mol. The van der Waals surface area contributed by atoms with Crippen LogP contribution in [-0.4, -0.2) is 18.1 Å². The second kappa shape index (κ2) is 4.83. The number of halogens is 1. The van der Waals surface area contributed by atoms with E-state index in [0.29, 0.717) is 11.1 Å². The number of esters is 1. The van der Waals surface area contributed by atoms with Crippen LogP contribution in [0.3, 0.4) is 0 Å². The first-order chi connectivity index (χ1) is 8.61. The molecule has 2 rings (SSSR count). The first-order valence-electron chi connectivity index (χ1n) is 5.21. The summed E-state index contributed by atoms with van der Waals surface area (Å²) in [6.07, 6.45) is 1.39. The minimum Gasteiger partial charge on any atom is -0.465 e. The Balaban J connectivity index is 2.34. The largest absolute Gasteiger partial charge is 0.465 e. The van der Waals surface area contributed by atoms with Crippen molar-refractivity contribution in [1.82, 2.24) is 4.98 Å². The minimum absolute atomic E-state index is 0.00968. The van der Waals surface area contributed by atoms with E-state index >= 15 is 0 Å². The third-order valence-electron chi connectivity index (χ3n) is 2.51. The van der Waals surface area contributed by atoms with E-state index in [1.54, 1.807) is 24.3 Å². The van der Waals surface area contributed by atoms with Crippen LogP contribution in [0.4, 0.5) is 10.1 Å². The Bertz CT molecular complexity index is 582. The maximum Gasteiger partial charge on any atom is 0.337 e. The number of nitrogens with two attached hydrogens (primary N) is 1. The average molecular weight is 246 g/mol. The molecule has 0 aliphatic heterocycles. The lowest BCUT2D eigenvalue weighted by atomic mass is 10.1. The molecule has 0 unspecified atom stereocenters. The second-order valence-electron chi connectivity index (χ2n) is 3.67. The summed E-state index contributed by atoms with van der Waals surface area (Å²) in [5, 5.41) is 0. The van der Waals surface area contributed by atoms with E-state index < -0.39 is 11.9 Å². The topological polar surface area (TPSA) is 65.2 Å². The van der Waals surface area contributed by atoms with Gasteiger partial charge in [0.25, 0.3) is 0 Å². The van der Waals surface area contributed by atoms with Crippen molar-refractivity contribution in [2.24, 2.45) is 0 Å². The quantitative estimate of drug-likeness (QED) is 0.652. The molecule has 0 bridgehead atoms. The van der Waals surface area contributed by atoms with Gasteiger partial charge < -0.3 is 10.5 Å². The molecule has 0 saturated carbocycles. The van der Waals surface area contributed by atoms with Crippen LogP contribution in [0.2, 0.25) is 0 Å². The molecule has 1 heterocycles. The molecular formula is C13H11FN2O2. The number of hydrogen-bond donors (Lipinski definition) is 1. The molecule has 4 nitrogen and oxygen atoms in total. The fourth-order valence-corrected chi connectivity index (χ4v) is 1.54. The predicted molar refractivity (Wildman–Crippen MR) is 65.4 cm³/mol. The van der Waals surface area contributed by atoms with Gasteiger partial charge in [-0.3, -0.25) is 0 Å². The monoisotopic (exact) mass is 246 g/mol. The molecule has 0 saturated heterocycles. The number of benzene rings is 1. The molecule has 0 radical (unpaired) electrons. The van der Waals surface area contributed by atoms with Gasteiger partial charge in [0.05, 0.1) is 18.4 Å². The molecule has 1 aromatic heterocycles. The molecule has 0 amide bonds. The van der Waals surface area contributed by atoms with Gasteiger partial charge in [0.2, 0.25) is 5.95 Å². The van der Waals surface area contributed by atoms with Gasteiger partial charge in [-0.05, 0) is 23.8 Å². The maximum absolute atomic E-state index is 12.9. The summed E-state index contributed by atoms with van der Waals surface area (Å²) in [6.45, 7) is 0. The van der Waals surface area contributed by atoms with Crippen molar-refractivity contribution in [1.29, 1.82) is 0 Å². The van der Waals surface area contributed by atoms with Crippen LogP contribution < -0.4 is 5.73 Å². The van der Waals surface area contributed by atoms with E-state index in [1.165, 1.54) is 19.4 Å². The highest BCUT2D eigenvalue weighted by Crippen LogP contribution is 2.22. The molecule has 0 aliphatic carbocycles. The summed E-state index contributed by atoms with van der Waals surface area (Å²) in [5.41, 5.74) is 7.36. The van der Waals surface area contributed by atoms with E-state index in [2.05, 4.69) is 9.72 Å². The van der Waals surface area contributed by atoms with Crippen LogP contribution >= 0.6 is 0 Å². The number of carbonyl (C=O) groups excluding carboxylic acids is 1. The SMILES string of the molecule is COC(=O)c1ccc(-c2cnc(F)c(N)c2)cc1. The summed E-state index contributed by atoms with van der Waals surface area (Å²) < 4.78 is 17.5. The number of anilines is 1. The van der Waals surface area contributed by atoms with Crippen molar-refractivity contribution in [3.63, 3.8) is 0 Å². The zero-order chi connectivity index (χ0) is 13.1. The predicted octanol–water partition coefficient (Wildman–Crippen LogP) is 2.26. The lowest BCUT2D eigenvalue weighted by Gasteiger charge is -2.04. The number of hydrogen-bond acceptors (Lipinski definition) is 4. The van der Waals surface area contributed by atoms with E-state index in [-0.39, 0.29) is 5.69 Å². The summed E-state index contributed by atoms with van der Waals surface area (Å²) in [4.78, 5) is 14.8. The highest BCUT2D eigenvalue weighted by Gasteiger charge is 2.07. The molecule has 0 fully saturated rings. The van der Waals surface area contributed by atoms with Crippen LogP contribution in [0.15, 0.2) is 36.5 Å². The molecule has 92 valence electrons. The second-order valence-corrected chi connectivity index (χ2v) is 3.67. The number of nitrogen functional groups attached to an aromatic ring is 1. The number of methoxy groups -OCH3 is 1. The van der Waals surface area contributed by atoms with Crippen molar-refractivity contribution in [2.75, 3.05) is 12.8 Å². The van der Waals surface area contributed by atoms with Crippen molar-refractivity contribution in [3.05, 3.63) is 48.0 Å². The van der Waals surface area contributed by atoms with Crippen molar-refractivity contribution in [3.8, 4) is 11.1 Å². The van der Waals surface area contributed by atoms with Gasteiger partial charge in [0, 0.05) is 11.8 Å². The van der Waals surface area contributed by atoms with Gasteiger partial charge in [0.1, 0.15) is 0 Å². The van der Waals surface area contributed by atoms with Gasteiger partial charge in [-0.15, -0.1) is 0 Å². The molecule has 0 spiro atoms. The molecule has 2 aromatic rings. The van der Waals surface area contributed by atoms with Crippen molar-refractivity contribution in [2.45, 2.75) is 0 Å². The smallest absolute Gasteiger partial charge is 0.337 e. The average Bonchev–Trinajstić information content (AvgIpc) is 2.41. The molecule has 18 heavy (non-hydrogen) atoms. The van der Waals surface area contributed by atoms with E-state index in [9.17, 15) is 9.18 Å². The van der Waals surface area contributed by atoms with Crippen LogP contribution in [0.25, 0.3) is 11.1 Å². The number of rotatable bonds is 2. The Morgan fingerprint density at radius 3 is 2.50 bits per heavy atom. The Hall–Kier alpha value is -2.43. The standard InChI is InChI=1S/C13H11FN2O2/c1-18-13(17)9-4-2-8(3-5-9)10-6-11(15)12(14)16-7-10/h2-7H,15H2,1H3. The molecule has 0 aliphatic rings. The molecule has 5 heteroatoms. The van der Waals surface area contributed by atoms with E-state index in [1.807, 2.05) is 0 Å². The first kappa shape index (κ1) is 12.0. The maximum atomic E-state index is 12.9. The van der Waals surface area contributed by atoms with Gasteiger partial charge in [-0.2, -0.15) is 4.39 Å². The fourth-order valence-electron chi connectivity index (χ4n) is 1.54. The Kier molecular flexibility index (Phi) is 3.23. The van der Waals surface area contributed by atoms with Gasteiger partial charge >= 0.3 is 5.97 Å². The van der Waals surface area contributed by atoms with Gasteiger partial charge in [0.15, 0.2) is 0 Å². The third kappa shape index (κ3) is 2.29. The van der Waals surface area contributed by atoms with Crippen LogP contribution in [-0.2, 0) is 4.74 Å². The Morgan fingerprint density at radius 2 is 1.94 bits per heavy atom. The normalized spacial score (nSPS) is 10.1. The third-order valence-corrected chi connectivity index (χ3v) is 2.51. The number of ether oxygens (including phenoxy) is 1. The zero-order valence-corrected chi connectivity index (χ0v) is 9.68. The Labute approximate surface area is 103 Å². The van der Waals surface area contributed by atoms with Crippen molar-refractivity contribution < 1.29 is 13.9 Å². The van der Waals surface area contributed by atoms with Gasteiger partial charge in [-0.25, -0.2) is 9.78 Å². The van der Waals surface area contributed by atoms with E-state index in [4.69, 9.17) is 5.73 Å². The fraction of sp³-hybridized carbons (Fsp3) is 0.0769. The highest BCUT2D eigenvalue weighted by molar-refractivity contribution is 5.90. The van der Waals surface area contributed by atoms with Crippen molar-refractivity contribution >= 4 is 11.7 Å². The van der Waals surface area contributed by atoms with Crippen LogP contribution in [0.5, 0.6) is 0 Å². The highest BCUT2D eigenvalue weighted by atomic mass is 19.1. The summed E-state index contributed by atoms with van der Waals surface area (Å²) in [6, 6.07) is 8.19. The number of pyridine rings is 1. The molecule has 1 aromatic carbocycles. The molecule has 2 N–H and O–H groups in total. The summed E-state index contributed by atoms with van der Waals surface area (Å²) in [5.74, 6) is -1.09. The summed E-state index contributed by atoms with van der Waals surface area (Å²) in [7, 11) is 1.32. The zero-order valence-electron chi connectivity index (χ0n) is 9.68. The lowest BCUT2D eigenvalue weighted by molar-refractivity contribution is 0.0601.